The van der Waals surface area contributed by atoms with Gasteiger partial charge in [-0.3, -0.25) is 0 Å². The molecule has 0 aliphatic heterocycles. The Morgan fingerprint density at radius 2 is 1.88 bits per heavy atom. The Balaban J connectivity index is 2.20. The van der Waals surface area contributed by atoms with Crippen molar-refractivity contribution in [2.45, 2.75) is 19.3 Å². The highest BCUT2D eigenvalue weighted by molar-refractivity contribution is 9.09. The molecule has 2 heteroatoms. The normalized spacial score (nSPS) is 23.2. The summed E-state index contributed by atoms with van der Waals surface area (Å²) in [5, 5.41) is 2.37. The van der Waals surface area contributed by atoms with Gasteiger partial charge in [0.1, 0.15) is 0 Å². The molecule has 0 atom stereocenters. The Labute approximate surface area is 67.3 Å². The minimum atomic E-state index is 0.712. The number of rotatable bonds is 3. The van der Waals surface area contributed by atoms with Gasteiger partial charge in [-0.15, -0.1) is 0 Å². The Hall–Kier alpha value is 0.960. The summed E-state index contributed by atoms with van der Waals surface area (Å²) in [4.78, 5) is 0. The summed E-state index contributed by atoms with van der Waals surface area (Å²) in [5.74, 6) is 0. The summed E-state index contributed by atoms with van der Waals surface area (Å²) in [5.41, 5.74) is 0.712. The van der Waals surface area contributed by atoms with Crippen LogP contribution in [0.3, 0.4) is 0 Å². The van der Waals surface area contributed by atoms with Crippen LogP contribution in [0.5, 0.6) is 0 Å². The first-order valence-corrected chi connectivity index (χ1v) is 5.19. The number of alkyl halides is 2. The van der Waals surface area contributed by atoms with Crippen LogP contribution in [0.15, 0.2) is 0 Å². The van der Waals surface area contributed by atoms with Gasteiger partial charge in [-0.1, -0.05) is 31.9 Å². The largest absolute Gasteiger partial charge is 0.0928 e. The molecular formula is C6H10Br2. The van der Waals surface area contributed by atoms with Gasteiger partial charge in [0, 0.05) is 10.7 Å². The van der Waals surface area contributed by atoms with Crippen molar-refractivity contribution in [1.82, 2.24) is 0 Å². The topological polar surface area (TPSA) is 0 Å². The average Bonchev–Trinajstić information content (AvgIpc) is 2.50. The van der Waals surface area contributed by atoms with Gasteiger partial charge in [0.25, 0.3) is 0 Å². The molecule has 8 heavy (non-hydrogen) atoms. The lowest BCUT2D eigenvalue weighted by Crippen LogP contribution is -2.01. The van der Waals surface area contributed by atoms with E-state index in [0.717, 1.165) is 0 Å². The molecule has 0 aromatic rings. The highest BCUT2D eigenvalue weighted by Crippen LogP contribution is 2.50. The standard InChI is InChI=1S/C6H10Br2/c7-4-3-6(5-8)1-2-6/h1-5H2. The van der Waals surface area contributed by atoms with Crippen LogP contribution in [0.4, 0.5) is 0 Å². The quantitative estimate of drug-likeness (QED) is 0.667. The minimum absolute atomic E-state index is 0.712. The average molecular weight is 242 g/mol. The smallest absolute Gasteiger partial charge is 0.00882 e. The van der Waals surface area contributed by atoms with E-state index in [1.54, 1.807) is 0 Å². The third-order valence-corrected chi connectivity index (χ3v) is 3.45. The predicted octanol–water partition coefficient (Wildman–Crippen LogP) is 2.95. The number of hydrogen-bond acceptors (Lipinski definition) is 0. The van der Waals surface area contributed by atoms with Crippen molar-refractivity contribution in [2.24, 2.45) is 5.41 Å². The fraction of sp³-hybridized carbons (Fsp3) is 1.00. The Morgan fingerprint density at radius 1 is 1.25 bits per heavy atom. The Morgan fingerprint density at radius 3 is 2.00 bits per heavy atom. The van der Waals surface area contributed by atoms with Gasteiger partial charge in [0.2, 0.25) is 0 Å². The lowest BCUT2D eigenvalue weighted by atomic mass is 10.1. The van der Waals surface area contributed by atoms with E-state index in [1.807, 2.05) is 0 Å². The summed E-state index contributed by atoms with van der Waals surface area (Å²) in [6, 6.07) is 0. The molecule has 0 spiro atoms. The van der Waals surface area contributed by atoms with Crippen LogP contribution in [0.25, 0.3) is 0 Å². The monoisotopic (exact) mass is 240 g/mol. The maximum absolute atomic E-state index is 3.51. The van der Waals surface area contributed by atoms with Crippen molar-refractivity contribution in [2.75, 3.05) is 10.7 Å². The third-order valence-electron chi connectivity index (χ3n) is 1.87. The van der Waals surface area contributed by atoms with E-state index in [-0.39, 0.29) is 0 Å². The SMILES string of the molecule is BrCCC1(CBr)CC1. The van der Waals surface area contributed by atoms with E-state index < -0.39 is 0 Å². The van der Waals surface area contributed by atoms with Crippen LogP contribution >= 0.6 is 31.9 Å². The maximum atomic E-state index is 3.51. The van der Waals surface area contributed by atoms with Crippen LogP contribution < -0.4 is 0 Å². The molecule has 1 aliphatic rings. The first-order valence-electron chi connectivity index (χ1n) is 2.95. The van der Waals surface area contributed by atoms with Gasteiger partial charge in [-0.2, -0.15) is 0 Å². The van der Waals surface area contributed by atoms with Gasteiger partial charge in [-0.25, -0.2) is 0 Å². The lowest BCUT2D eigenvalue weighted by molar-refractivity contribution is 0.574. The van der Waals surface area contributed by atoms with E-state index in [9.17, 15) is 0 Å². The first kappa shape index (κ1) is 7.07. The van der Waals surface area contributed by atoms with Gasteiger partial charge in [0.15, 0.2) is 0 Å². The van der Waals surface area contributed by atoms with E-state index in [4.69, 9.17) is 0 Å². The molecule has 1 aliphatic carbocycles. The molecule has 0 unspecified atom stereocenters. The van der Waals surface area contributed by atoms with Crippen LogP contribution in [0.1, 0.15) is 19.3 Å². The molecule has 0 aromatic heterocycles. The molecule has 0 radical (unpaired) electrons. The number of hydrogen-bond donors (Lipinski definition) is 0. The summed E-state index contributed by atoms with van der Waals surface area (Å²) >= 11 is 6.96. The van der Waals surface area contributed by atoms with Crippen molar-refractivity contribution in [3.8, 4) is 0 Å². The fourth-order valence-corrected chi connectivity index (χ4v) is 2.51. The molecule has 0 amide bonds. The van der Waals surface area contributed by atoms with Crippen LogP contribution in [0, 0.1) is 5.41 Å². The van der Waals surface area contributed by atoms with E-state index in [1.165, 1.54) is 29.9 Å². The van der Waals surface area contributed by atoms with Crippen molar-refractivity contribution in [1.29, 1.82) is 0 Å². The first-order chi connectivity index (χ1) is 3.83. The lowest BCUT2D eigenvalue weighted by Gasteiger charge is -2.05. The summed E-state index contributed by atoms with van der Waals surface area (Å²) < 4.78 is 0. The van der Waals surface area contributed by atoms with Crippen LogP contribution in [0.2, 0.25) is 0 Å². The van der Waals surface area contributed by atoms with Gasteiger partial charge in [0.05, 0.1) is 0 Å². The molecule has 0 bridgehead atoms. The zero-order valence-electron chi connectivity index (χ0n) is 4.79. The molecule has 0 saturated heterocycles. The van der Waals surface area contributed by atoms with Gasteiger partial charge in [-0.05, 0) is 24.7 Å². The predicted molar refractivity (Wildman–Crippen MR) is 43.9 cm³/mol. The third kappa shape index (κ3) is 1.47. The molecule has 0 nitrogen and oxygen atoms in total. The van der Waals surface area contributed by atoms with Crippen LogP contribution in [-0.4, -0.2) is 10.7 Å². The second kappa shape index (κ2) is 2.70. The van der Waals surface area contributed by atoms with Crippen molar-refractivity contribution < 1.29 is 0 Å². The molecular weight excluding hydrogens is 232 g/mol. The van der Waals surface area contributed by atoms with E-state index >= 15 is 0 Å². The summed E-state index contributed by atoms with van der Waals surface area (Å²) in [6.07, 6.45) is 4.21. The Kier molecular flexibility index (Phi) is 2.38. The summed E-state index contributed by atoms with van der Waals surface area (Å²) in [7, 11) is 0. The number of halogens is 2. The van der Waals surface area contributed by atoms with Crippen molar-refractivity contribution >= 4 is 31.9 Å². The molecule has 1 fully saturated rings. The molecule has 0 heterocycles. The van der Waals surface area contributed by atoms with Crippen LogP contribution in [-0.2, 0) is 0 Å². The van der Waals surface area contributed by atoms with Crippen molar-refractivity contribution in [3.05, 3.63) is 0 Å². The van der Waals surface area contributed by atoms with Gasteiger partial charge < -0.3 is 0 Å². The highest BCUT2D eigenvalue weighted by atomic mass is 79.9. The molecule has 1 rings (SSSR count). The van der Waals surface area contributed by atoms with Gasteiger partial charge >= 0.3 is 0 Å². The second-order valence-corrected chi connectivity index (χ2v) is 3.93. The van der Waals surface area contributed by atoms with E-state index in [0.29, 0.717) is 5.41 Å². The molecule has 0 aromatic carbocycles. The highest BCUT2D eigenvalue weighted by Gasteiger charge is 2.40. The maximum Gasteiger partial charge on any atom is 0.00882 e. The summed E-state index contributed by atoms with van der Waals surface area (Å²) in [6.45, 7) is 0. The zero-order chi connectivity index (χ0) is 6.04. The molecule has 0 N–H and O–H groups in total. The minimum Gasteiger partial charge on any atom is -0.0928 e. The fourth-order valence-electron chi connectivity index (χ4n) is 0.828. The molecule has 1 saturated carbocycles. The molecule has 48 valence electrons. The zero-order valence-corrected chi connectivity index (χ0v) is 7.96. The Bertz CT molecular complexity index is 76.6. The van der Waals surface area contributed by atoms with Crippen molar-refractivity contribution in [3.63, 3.8) is 0 Å². The van der Waals surface area contributed by atoms with E-state index in [2.05, 4.69) is 31.9 Å². The second-order valence-electron chi connectivity index (χ2n) is 2.57.